The lowest BCUT2D eigenvalue weighted by molar-refractivity contribution is -0.115. The topological polar surface area (TPSA) is 53.5 Å². The second-order valence-corrected chi connectivity index (χ2v) is 8.22. The van der Waals surface area contributed by atoms with Gasteiger partial charge in [0.25, 0.3) is 0 Å². The lowest BCUT2D eigenvalue weighted by atomic mass is 9.92. The number of hydrogen-bond donors (Lipinski definition) is 0. The van der Waals surface area contributed by atoms with Crippen LogP contribution in [0.4, 0.5) is 10.1 Å². The van der Waals surface area contributed by atoms with E-state index in [1.54, 1.807) is 13.0 Å². The Balaban J connectivity index is 1.37. The summed E-state index contributed by atoms with van der Waals surface area (Å²) < 4.78 is 14.3. The number of fused-ring (bicyclic) bond motifs is 1. The van der Waals surface area contributed by atoms with Gasteiger partial charge in [0.2, 0.25) is 0 Å². The Bertz CT molecular complexity index is 1040. The van der Waals surface area contributed by atoms with E-state index in [1.807, 2.05) is 25.3 Å². The number of allylic oxidation sites excluding steroid dienone is 1. The van der Waals surface area contributed by atoms with Crippen LogP contribution in [0.3, 0.4) is 0 Å². The number of carbonyl (C=O) groups is 2. The maximum absolute atomic E-state index is 14.3. The first-order valence-electron chi connectivity index (χ1n) is 11.0. The minimum atomic E-state index is -0.443. The van der Waals surface area contributed by atoms with E-state index in [2.05, 4.69) is 20.9 Å². The molecule has 162 valence electrons. The Hall–Kier alpha value is -2.86. The molecule has 1 fully saturated rings. The number of nitrogens with zero attached hydrogens (tertiary/aromatic N) is 3. The maximum Gasteiger partial charge on any atom is 0.165 e. The number of benzene rings is 1. The average Bonchev–Trinajstić information content (AvgIpc) is 2.78. The van der Waals surface area contributed by atoms with Crippen molar-refractivity contribution in [1.29, 1.82) is 0 Å². The van der Waals surface area contributed by atoms with Gasteiger partial charge in [0, 0.05) is 57.4 Å². The first-order chi connectivity index (χ1) is 15.0. The van der Waals surface area contributed by atoms with Crippen LogP contribution in [0.1, 0.15) is 53.9 Å². The molecule has 1 aromatic heterocycles. The summed E-state index contributed by atoms with van der Waals surface area (Å²) in [4.78, 5) is 33.1. The fourth-order valence-electron chi connectivity index (χ4n) is 4.30. The van der Waals surface area contributed by atoms with Gasteiger partial charge in [-0.25, -0.2) is 4.39 Å². The highest BCUT2D eigenvalue weighted by molar-refractivity contribution is 6.03. The summed E-state index contributed by atoms with van der Waals surface area (Å²) in [5, 5.41) is 0. The van der Waals surface area contributed by atoms with Crippen LogP contribution in [0.15, 0.2) is 36.0 Å². The molecule has 0 N–H and O–H groups in total. The molecule has 31 heavy (non-hydrogen) atoms. The molecular weight excluding hydrogens is 393 g/mol. The van der Waals surface area contributed by atoms with E-state index in [0.29, 0.717) is 12.8 Å². The number of hydrogen-bond acceptors (Lipinski definition) is 5. The maximum atomic E-state index is 14.3. The molecule has 0 amide bonds. The number of rotatable bonds is 6. The van der Waals surface area contributed by atoms with Crippen molar-refractivity contribution in [2.75, 3.05) is 31.1 Å². The first-order valence-corrected chi connectivity index (χ1v) is 11.0. The van der Waals surface area contributed by atoms with Gasteiger partial charge in [-0.2, -0.15) is 0 Å². The van der Waals surface area contributed by atoms with Gasteiger partial charge in [-0.1, -0.05) is 19.9 Å². The summed E-state index contributed by atoms with van der Waals surface area (Å²) >= 11 is 0. The number of aromatic nitrogens is 1. The highest BCUT2D eigenvalue weighted by Gasteiger charge is 2.21. The predicted molar refractivity (Wildman–Crippen MR) is 120 cm³/mol. The zero-order valence-corrected chi connectivity index (χ0v) is 18.2. The van der Waals surface area contributed by atoms with Crippen molar-refractivity contribution in [3.63, 3.8) is 0 Å². The van der Waals surface area contributed by atoms with Crippen molar-refractivity contribution in [3.8, 4) is 0 Å². The van der Waals surface area contributed by atoms with Gasteiger partial charge in [-0.3, -0.25) is 19.5 Å². The fourth-order valence-corrected chi connectivity index (χ4v) is 4.30. The van der Waals surface area contributed by atoms with Crippen molar-refractivity contribution in [3.05, 3.63) is 64.2 Å². The number of pyridine rings is 1. The monoisotopic (exact) mass is 421 g/mol. The van der Waals surface area contributed by atoms with Crippen molar-refractivity contribution < 1.29 is 14.0 Å². The van der Waals surface area contributed by atoms with Gasteiger partial charge >= 0.3 is 0 Å². The fraction of sp³-hybridized carbons (Fsp3) is 0.400. The molecule has 0 radical (unpaired) electrons. The number of Topliss-reactive ketones (excluding diaryl/α,β-unsaturated/α-hetero) is 2. The normalized spacial score (nSPS) is 16.8. The Labute approximate surface area is 182 Å². The Morgan fingerprint density at radius 2 is 1.90 bits per heavy atom. The lowest BCUT2D eigenvalue weighted by Gasteiger charge is -2.36. The van der Waals surface area contributed by atoms with E-state index in [4.69, 9.17) is 0 Å². The molecule has 1 saturated heterocycles. The van der Waals surface area contributed by atoms with E-state index in [9.17, 15) is 14.0 Å². The van der Waals surface area contributed by atoms with Gasteiger partial charge in [-0.15, -0.1) is 0 Å². The van der Waals surface area contributed by atoms with E-state index >= 15 is 0 Å². The van der Waals surface area contributed by atoms with E-state index in [0.717, 1.165) is 67.2 Å². The number of anilines is 1. The third kappa shape index (κ3) is 4.59. The summed E-state index contributed by atoms with van der Waals surface area (Å²) in [7, 11) is 0. The minimum absolute atomic E-state index is 0.171. The molecule has 2 aromatic rings. The molecule has 4 rings (SSSR count). The third-order valence-corrected chi connectivity index (χ3v) is 6.18. The van der Waals surface area contributed by atoms with Gasteiger partial charge in [-0.05, 0) is 47.4 Å². The molecule has 2 heterocycles. The van der Waals surface area contributed by atoms with Crippen LogP contribution in [0, 0.1) is 5.82 Å². The molecule has 0 atom stereocenters. The molecule has 0 saturated carbocycles. The summed E-state index contributed by atoms with van der Waals surface area (Å²) in [5.74, 6) is -0.418. The average molecular weight is 422 g/mol. The molecule has 5 nitrogen and oxygen atoms in total. The number of piperazine rings is 1. The summed E-state index contributed by atoms with van der Waals surface area (Å²) in [6.45, 7) is 7.81. The van der Waals surface area contributed by atoms with Crippen molar-refractivity contribution in [1.82, 2.24) is 9.88 Å². The van der Waals surface area contributed by atoms with E-state index in [-0.39, 0.29) is 17.1 Å². The zero-order chi connectivity index (χ0) is 22.0. The molecule has 1 aliphatic heterocycles. The molecule has 1 aliphatic carbocycles. The predicted octanol–water partition coefficient (Wildman–Crippen LogP) is 4.05. The molecule has 0 bridgehead atoms. The number of halogens is 1. The second kappa shape index (κ2) is 9.10. The van der Waals surface area contributed by atoms with Crippen LogP contribution >= 0.6 is 0 Å². The van der Waals surface area contributed by atoms with Crippen molar-refractivity contribution in [2.45, 2.75) is 39.7 Å². The van der Waals surface area contributed by atoms with E-state index in [1.165, 1.54) is 6.07 Å². The Morgan fingerprint density at radius 3 is 2.58 bits per heavy atom. The number of ketones is 2. The van der Waals surface area contributed by atoms with Crippen molar-refractivity contribution >= 4 is 23.3 Å². The quantitative estimate of drug-likeness (QED) is 0.659. The highest BCUT2D eigenvalue weighted by atomic mass is 19.1. The van der Waals surface area contributed by atoms with Crippen molar-refractivity contribution in [2.24, 2.45) is 0 Å². The van der Waals surface area contributed by atoms with Crippen LogP contribution in [0.2, 0.25) is 0 Å². The standard InChI is InChI=1S/C25H28FN3O2/c1-3-18-12-23-19(13-25(18)31)11-17(15-27-23)16-28-7-9-29(10-8-28)20-5-6-21(22(26)14-20)24(30)4-2/h5-6,11-12,14-15H,3-4,7-10,13,16H2,1-2H3. The van der Waals surface area contributed by atoms with Gasteiger partial charge in [0.1, 0.15) is 5.82 Å². The molecule has 6 heteroatoms. The molecule has 1 aromatic carbocycles. The highest BCUT2D eigenvalue weighted by Crippen LogP contribution is 2.24. The molecule has 2 aliphatic rings. The third-order valence-electron chi connectivity index (χ3n) is 6.18. The van der Waals surface area contributed by atoms with Gasteiger partial charge in [0.15, 0.2) is 11.6 Å². The lowest BCUT2D eigenvalue weighted by Crippen LogP contribution is -2.46. The summed E-state index contributed by atoms with van der Waals surface area (Å²) in [5.41, 5.74) is 4.88. The van der Waals surface area contributed by atoms with Gasteiger partial charge in [0.05, 0.1) is 11.3 Å². The Kier molecular flexibility index (Phi) is 6.28. The SMILES string of the molecule is CCC(=O)c1ccc(N2CCN(Cc3cnc4c(c3)CC(=O)C(CC)=C4)CC2)cc1F. The van der Waals surface area contributed by atoms with E-state index < -0.39 is 5.82 Å². The molecule has 0 spiro atoms. The van der Waals surface area contributed by atoms with Crippen LogP contribution in [-0.2, 0) is 17.8 Å². The van der Waals surface area contributed by atoms with Crippen LogP contribution in [0.5, 0.6) is 0 Å². The largest absolute Gasteiger partial charge is 0.369 e. The van der Waals surface area contributed by atoms with Crippen LogP contribution < -0.4 is 4.90 Å². The summed E-state index contributed by atoms with van der Waals surface area (Å²) in [6, 6.07) is 7.01. The van der Waals surface area contributed by atoms with Crippen LogP contribution in [0.25, 0.3) is 6.08 Å². The summed E-state index contributed by atoms with van der Waals surface area (Å²) in [6.07, 6.45) is 5.31. The second-order valence-electron chi connectivity index (χ2n) is 8.22. The first kappa shape index (κ1) is 21.4. The Morgan fingerprint density at radius 1 is 1.13 bits per heavy atom. The molecular formula is C25H28FN3O2. The zero-order valence-electron chi connectivity index (χ0n) is 18.2. The van der Waals surface area contributed by atoms with Gasteiger partial charge < -0.3 is 4.90 Å². The number of carbonyl (C=O) groups excluding carboxylic acids is 2. The molecule has 0 unspecified atom stereocenters. The van der Waals surface area contributed by atoms with Crippen LogP contribution in [-0.4, -0.2) is 47.6 Å². The smallest absolute Gasteiger partial charge is 0.165 e. The minimum Gasteiger partial charge on any atom is -0.369 e.